The monoisotopic (exact) mass is 565 g/mol. The average molecular weight is 566 g/mol. The van der Waals surface area contributed by atoms with Crippen LogP contribution in [0.4, 0.5) is 4.79 Å². The van der Waals surface area contributed by atoms with Crippen molar-refractivity contribution in [2.24, 2.45) is 0 Å². The van der Waals surface area contributed by atoms with Gasteiger partial charge in [0, 0.05) is 11.6 Å². The number of rotatable bonds is 25. The molecule has 0 aliphatic carbocycles. The van der Waals surface area contributed by atoms with Crippen molar-refractivity contribution >= 4 is 24.1 Å². The van der Waals surface area contributed by atoms with Crippen LogP contribution in [-0.2, 0) is 16.1 Å². The summed E-state index contributed by atoms with van der Waals surface area (Å²) in [6, 6.07) is 5.46. The summed E-state index contributed by atoms with van der Waals surface area (Å²) in [5.74, 6) is 0. The Morgan fingerprint density at radius 3 is 2.00 bits per heavy atom. The predicted octanol–water partition coefficient (Wildman–Crippen LogP) is 8.57. The second kappa shape index (κ2) is 24.0. The third kappa shape index (κ3) is 19.0. The Balaban J connectivity index is 2.30. The smallest absolute Gasteiger partial charge is 0.407 e. The first-order valence-corrected chi connectivity index (χ1v) is 15.9. The van der Waals surface area contributed by atoms with E-state index in [1.54, 1.807) is 0 Å². The molecule has 7 heteroatoms. The van der Waals surface area contributed by atoms with Crippen LogP contribution < -0.4 is 10.6 Å². The number of nitrogens with one attached hydrogen (secondary N) is 2. The number of carbonyl (C=O) groups excluding carboxylic acids is 2. The number of benzene rings is 1. The van der Waals surface area contributed by atoms with E-state index < -0.39 is 6.09 Å². The molecule has 39 heavy (non-hydrogen) atoms. The Kier molecular flexibility index (Phi) is 21.7. The average Bonchev–Trinajstić information content (AvgIpc) is 2.91. The number of nitrogens with zero attached hydrogens (tertiary/aromatic N) is 1. The Hall–Kier alpha value is -1.79. The van der Waals surface area contributed by atoms with E-state index in [1.807, 2.05) is 32.3 Å². The number of hydrogen-bond donors (Lipinski definition) is 2. The fourth-order valence-electron chi connectivity index (χ4n) is 4.95. The number of halogens is 1. The fraction of sp³-hybridized carbons (Fsp3) is 0.750. The van der Waals surface area contributed by atoms with Crippen molar-refractivity contribution in [3.8, 4) is 0 Å². The molecular formula is C32H56ClN3O3. The van der Waals surface area contributed by atoms with E-state index in [0.717, 1.165) is 49.8 Å². The number of hydrogen-bond acceptors (Lipinski definition) is 4. The summed E-state index contributed by atoms with van der Waals surface area (Å²) in [5, 5.41) is 6.34. The van der Waals surface area contributed by atoms with E-state index in [2.05, 4.69) is 22.5 Å². The van der Waals surface area contributed by atoms with Gasteiger partial charge in [-0.2, -0.15) is 0 Å². The minimum atomic E-state index is -0.443. The minimum absolute atomic E-state index is 0.116. The van der Waals surface area contributed by atoms with E-state index in [-0.39, 0.29) is 12.6 Å². The first kappa shape index (κ1) is 35.2. The first-order valence-electron chi connectivity index (χ1n) is 15.5. The summed E-state index contributed by atoms with van der Waals surface area (Å²) in [7, 11) is 4.00. The molecule has 0 aromatic heterocycles. The van der Waals surface area contributed by atoms with Gasteiger partial charge in [0.25, 0.3) is 0 Å². The van der Waals surface area contributed by atoms with Crippen molar-refractivity contribution in [2.75, 3.05) is 27.2 Å². The molecular weight excluding hydrogens is 510 g/mol. The zero-order chi connectivity index (χ0) is 28.6. The molecule has 0 aliphatic rings. The van der Waals surface area contributed by atoms with Crippen molar-refractivity contribution in [1.29, 1.82) is 0 Å². The molecule has 1 aromatic rings. The molecule has 1 aromatic carbocycles. The zero-order valence-corrected chi connectivity index (χ0v) is 25.8. The van der Waals surface area contributed by atoms with Gasteiger partial charge in [-0.1, -0.05) is 121 Å². The predicted molar refractivity (Wildman–Crippen MR) is 164 cm³/mol. The molecule has 0 heterocycles. The van der Waals surface area contributed by atoms with Gasteiger partial charge in [-0.15, -0.1) is 0 Å². The molecule has 0 saturated carbocycles. The van der Waals surface area contributed by atoms with Crippen molar-refractivity contribution in [2.45, 2.75) is 129 Å². The Labute approximate surface area is 244 Å². The van der Waals surface area contributed by atoms with E-state index in [0.29, 0.717) is 11.6 Å². The zero-order valence-electron chi connectivity index (χ0n) is 25.1. The maximum atomic E-state index is 12.1. The lowest BCUT2D eigenvalue weighted by atomic mass is 9.95. The van der Waals surface area contributed by atoms with Gasteiger partial charge in [0.1, 0.15) is 6.61 Å². The molecule has 2 N–H and O–H groups in total. The number of amides is 2. The maximum absolute atomic E-state index is 12.1. The highest BCUT2D eigenvalue weighted by Gasteiger charge is 2.16. The normalized spacial score (nSPS) is 11.9. The Bertz CT molecular complexity index is 760. The van der Waals surface area contributed by atoms with E-state index in [9.17, 15) is 9.59 Å². The molecule has 224 valence electrons. The Morgan fingerprint density at radius 1 is 0.897 bits per heavy atom. The number of alkyl carbamates (subject to hydrolysis) is 1. The molecule has 0 radical (unpaired) electrons. The summed E-state index contributed by atoms with van der Waals surface area (Å²) in [6.45, 7) is 3.85. The van der Waals surface area contributed by atoms with Gasteiger partial charge < -0.3 is 20.3 Å². The number of ether oxygens (including phenoxy) is 1. The number of unbranched alkanes of at least 4 members (excludes halogenated alkanes) is 14. The second-order valence-electron chi connectivity index (χ2n) is 11.1. The fourth-order valence-corrected chi connectivity index (χ4v) is 5.14. The lowest BCUT2D eigenvalue weighted by Crippen LogP contribution is -2.28. The van der Waals surface area contributed by atoms with Gasteiger partial charge >= 0.3 is 6.09 Å². The maximum Gasteiger partial charge on any atom is 0.407 e. The van der Waals surface area contributed by atoms with Gasteiger partial charge in [-0.25, -0.2) is 4.79 Å². The summed E-state index contributed by atoms with van der Waals surface area (Å²) >= 11 is 6.24. The largest absolute Gasteiger partial charge is 0.445 e. The van der Waals surface area contributed by atoms with Crippen LogP contribution in [0.1, 0.15) is 133 Å². The lowest BCUT2D eigenvalue weighted by Gasteiger charge is -2.20. The van der Waals surface area contributed by atoms with Gasteiger partial charge in [-0.05, 0) is 56.7 Å². The topological polar surface area (TPSA) is 70.7 Å². The van der Waals surface area contributed by atoms with Crippen molar-refractivity contribution in [3.63, 3.8) is 0 Å². The van der Waals surface area contributed by atoms with Gasteiger partial charge in [0.05, 0.1) is 6.04 Å². The summed E-state index contributed by atoms with van der Waals surface area (Å²) in [4.78, 5) is 25.6. The molecule has 2 amide bonds. The van der Waals surface area contributed by atoms with Gasteiger partial charge in [-0.3, -0.25) is 4.79 Å². The molecule has 6 nitrogen and oxygen atoms in total. The van der Waals surface area contributed by atoms with Crippen molar-refractivity contribution in [1.82, 2.24) is 15.5 Å². The number of carbonyl (C=O) groups is 2. The van der Waals surface area contributed by atoms with E-state index in [1.165, 1.54) is 83.5 Å². The second-order valence-corrected chi connectivity index (χ2v) is 11.5. The van der Waals surface area contributed by atoms with Crippen LogP contribution in [0, 0.1) is 0 Å². The van der Waals surface area contributed by atoms with E-state index in [4.69, 9.17) is 16.3 Å². The lowest BCUT2D eigenvalue weighted by molar-refractivity contribution is -0.110. The quantitative estimate of drug-likeness (QED) is 0.0919. The highest BCUT2D eigenvalue weighted by atomic mass is 35.5. The molecule has 0 saturated heterocycles. The van der Waals surface area contributed by atoms with Crippen LogP contribution in [0.3, 0.4) is 0 Å². The Morgan fingerprint density at radius 2 is 1.46 bits per heavy atom. The van der Waals surface area contributed by atoms with Crippen molar-refractivity contribution < 1.29 is 14.3 Å². The minimum Gasteiger partial charge on any atom is -0.445 e. The van der Waals surface area contributed by atoms with Crippen LogP contribution >= 0.6 is 11.6 Å². The van der Waals surface area contributed by atoms with Crippen LogP contribution in [0.2, 0.25) is 5.02 Å². The van der Waals surface area contributed by atoms with Crippen LogP contribution in [0.15, 0.2) is 18.2 Å². The van der Waals surface area contributed by atoms with Crippen LogP contribution in [0.25, 0.3) is 0 Å². The molecule has 0 aliphatic heterocycles. The molecule has 0 spiro atoms. The molecule has 0 bridgehead atoms. The van der Waals surface area contributed by atoms with Crippen LogP contribution in [-0.4, -0.2) is 44.6 Å². The van der Waals surface area contributed by atoms with E-state index >= 15 is 0 Å². The van der Waals surface area contributed by atoms with Crippen LogP contribution in [0.5, 0.6) is 0 Å². The molecule has 1 unspecified atom stereocenters. The SMILES string of the molecule is CCCCCCCCCCCCCCCCCC(NC=O)c1ccc(Cl)cc1COC(=O)NCCCN(C)C. The first-order chi connectivity index (χ1) is 19.0. The molecule has 1 rings (SSSR count). The molecule has 0 fully saturated rings. The third-order valence-corrected chi connectivity index (χ3v) is 7.49. The van der Waals surface area contributed by atoms with Gasteiger partial charge in [0.15, 0.2) is 0 Å². The van der Waals surface area contributed by atoms with Gasteiger partial charge in [0.2, 0.25) is 6.41 Å². The standard InChI is InChI=1S/C32H56ClN3O3/c1-4-5-6-7-8-9-10-11-12-13-14-15-16-17-18-20-31(35-27-37)30-22-21-29(33)25-28(30)26-39-32(38)34-23-19-24-36(2)3/h21-22,25,27,31H,4-20,23-24,26H2,1-3H3,(H,34,38)(H,35,37). The highest BCUT2D eigenvalue weighted by molar-refractivity contribution is 6.30. The van der Waals surface area contributed by atoms with Crippen molar-refractivity contribution in [3.05, 3.63) is 34.3 Å². The summed E-state index contributed by atoms with van der Waals surface area (Å²) in [6.07, 6.45) is 21.9. The summed E-state index contributed by atoms with van der Waals surface area (Å²) < 4.78 is 5.45. The molecule has 1 atom stereocenters. The summed E-state index contributed by atoms with van der Waals surface area (Å²) in [5.41, 5.74) is 1.78. The third-order valence-electron chi connectivity index (χ3n) is 7.26. The highest BCUT2D eigenvalue weighted by Crippen LogP contribution is 2.27.